The summed E-state index contributed by atoms with van der Waals surface area (Å²) in [6.07, 6.45) is 5.76. The highest BCUT2D eigenvalue weighted by Gasteiger charge is 2.53. The molecule has 2 saturated carbocycles. The van der Waals surface area contributed by atoms with Crippen LogP contribution in [0.15, 0.2) is 29.8 Å². The third-order valence-corrected chi connectivity index (χ3v) is 15.6. The zero-order valence-electron chi connectivity index (χ0n) is 37.3. The summed E-state index contributed by atoms with van der Waals surface area (Å²) in [7, 11) is 1.72. The highest BCUT2D eigenvalue weighted by molar-refractivity contribution is 7.10. The number of methoxy groups -OCH3 is 1. The van der Waals surface area contributed by atoms with E-state index in [9.17, 15) is 14.4 Å². The van der Waals surface area contributed by atoms with E-state index in [0.29, 0.717) is 25.8 Å². The maximum Gasteiger partial charge on any atom is 0.325 e. The molecule has 3 saturated heterocycles. The average molecular weight is 874 g/mol. The highest BCUT2D eigenvalue weighted by Crippen LogP contribution is 2.47. The summed E-state index contributed by atoms with van der Waals surface area (Å²) < 4.78 is 20.3. The number of hydrogen-bond donors (Lipinski definition) is 2. The fraction of sp³-hybridized carbons (Fsp3) is 0.571. The highest BCUT2D eigenvalue weighted by atomic mass is 32.1. The molecule has 5 fully saturated rings. The van der Waals surface area contributed by atoms with Crippen molar-refractivity contribution in [3.8, 4) is 34.4 Å². The first-order valence-corrected chi connectivity index (χ1v) is 23.8. The Morgan fingerprint density at radius 3 is 2.68 bits per heavy atom. The number of nitrogens with one attached hydrogen (secondary N) is 2. The van der Waals surface area contributed by atoms with Gasteiger partial charge in [-0.1, -0.05) is 39.5 Å². The lowest BCUT2D eigenvalue weighted by Gasteiger charge is -2.53. The van der Waals surface area contributed by atoms with Crippen molar-refractivity contribution in [2.75, 3.05) is 46.6 Å². The van der Waals surface area contributed by atoms with E-state index in [2.05, 4.69) is 83.3 Å². The summed E-state index contributed by atoms with van der Waals surface area (Å²) in [5.41, 5.74) is 12.1. The minimum Gasteiger partial charge on any atom is -0.464 e. The van der Waals surface area contributed by atoms with E-state index in [4.69, 9.17) is 24.2 Å². The number of aromatic nitrogens is 3. The first kappa shape index (κ1) is 42.3. The molecule has 4 aromatic rings. The van der Waals surface area contributed by atoms with E-state index in [1.54, 1.807) is 12.1 Å². The Morgan fingerprint density at radius 1 is 1.13 bits per heavy atom. The van der Waals surface area contributed by atoms with Crippen LogP contribution < -0.4 is 10.7 Å². The quantitative estimate of drug-likeness (QED) is 0.183. The van der Waals surface area contributed by atoms with Gasteiger partial charge in [0.15, 0.2) is 0 Å². The van der Waals surface area contributed by atoms with Gasteiger partial charge in [0.1, 0.15) is 12.1 Å². The number of benzene rings is 1. The van der Waals surface area contributed by atoms with Crippen molar-refractivity contribution in [3.63, 3.8) is 0 Å². The lowest BCUT2D eigenvalue weighted by Crippen LogP contribution is -2.71. The second-order valence-corrected chi connectivity index (χ2v) is 20.6. The van der Waals surface area contributed by atoms with E-state index in [0.717, 1.165) is 95.4 Å². The summed E-state index contributed by atoms with van der Waals surface area (Å²) in [6.45, 7) is 15.4. The number of fused-ring (bicyclic) bond motifs is 4. The summed E-state index contributed by atoms with van der Waals surface area (Å²) >= 11 is 1.51. The molecule has 8 bridgehead atoms. The zero-order valence-corrected chi connectivity index (χ0v) is 38.1. The van der Waals surface area contributed by atoms with Crippen LogP contribution in [-0.2, 0) is 54.4 Å². The molecular formula is C49H59N7O6S. The van der Waals surface area contributed by atoms with Crippen LogP contribution in [-0.4, -0.2) is 107 Å². The molecule has 14 heteroatoms. The van der Waals surface area contributed by atoms with Gasteiger partial charge in [0.25, 0.3) is 5.91 Å². The van der Waals surface area contributed by atoms with Crippen LogP contribution in [0.2, 0.25) is 0 Å². The van der Waals surface area contributed by atoms with Gasteiger partial charge in [0, 0.05) is 84.2 Å². The van der Waals surface area contributed by atoms with Crippen LogP contribution >= 0.6 is 11.3 Å². The van der Waals surface area contributed by atoms with Gasteiger partial charge in [0.05, 0.1) is 60.1 Å². The largest absolute Gasteiger partial charge is 0.464 e. The number of aryl methyl sites for hydroxylation is 2. The molecule has 7 aliphatic rings. The second-order valence-electron chi connectivity index (χ2n) is 19.6. The number of hydrazine groups is 1. The molecule has 3 aromatic heterocycles. The average Bonchev–Trinajstić information content (AvgIpc) is 3.53. The first-order valence-electron chi connectivity index (χ1n) is 22.9. The lowest BCUT2D eigenvalue weighted by atomic mass is 9.73. The molecule has 2 aliphatic carbocycles. The second kappa shape index (κ2) is 16.7. The molecule has 2 amide bonds. The van der Waals surface area contributed by atoms with Crippen LogP contribution in [0.5, 0.6) is 0 Å². The number of pyridine rings is 1. The molecular weight excluding hydrogens is 815 g/mol. The molecule has 0 radical (unpaired) electrons. The number of carbonyl (C=O) groups is 3. The Bertz CT molecular complexity index is 2520. The summed E-state index contributed by atoms with van der Waals surface area (Å²) in [4.78, 5) is 54.8. The van der Waals surface area contributed by atoms with Gasteiger partial charge < -0.3 is 24.1 Å². The van der Waals surface area contributed by atoms with Crippen LogP contribution in [0.1, 0.15) is 87.4 Å². The van der Waals surface area contributed by atoms with Gasteiger partial charge in [-0.15, -0.1) is 11.3 Å². The van der Waals surface area contributed by atoms with Crippen molar-refractivity contribution in [1.82, 2.24) is 35.2 Å². The monoisotopic (exact) mass is 873 g/mol. The summed E-state index contributed by atoms with van der Waals surface area (Å²) in [5.74, 6) is 6.62. The van der Waals surface area contributed by atoms with E-state index >= 15 is 0 Å². The van der Waals surface area contributed by atoms with Crippen LogP contribution in [0.3, 0.4) is 0 Å². The van der Waals surface area contributed by atoms with Crippen molar-refractivity contribution in [3.05, 3.63) is 57.2 Å². The first-order chi connectivity index (χ1) is 30.4. The predicted octanol–water partition coefficient (Wildman–Crippen LogP) is 5.71. The van der Waals surface area contributed by atoms with Crippen molar-refractivity contribution in [2.24, 2.45) is 29.1 Å². The molecule has 63 heavy (non-hydrogen) atoms. The fourth-order valence-corrected chi connectivity index (χ4v) is 11.5. The van der Waals surface area contributed by atoms with E-state index in [1.807, 2.05) is 13.1 Å². The lowest BCUT2D eigenvalue weighted by molar-refractivity contribution is -0.171. The number of nitrogens with zero attached hydrogens (tertiary/aromatic N) is 5. The number of amides is 2. The van der Waals surface area contributed by atoms with Gasteiger partial charge in [-0.2, -0.15) is 0 Å². The van der Waals surface area contributed by atoms with Crippen LogP contribution in [0.25, 0.3) is 33.4 Å². The Hall–Kier alpha value is -4.65. The van der Waals surface area contributed by atoms with E-state index in [-0.39, 0.29) is 66.6 Å². The minimum atomic E-state index is -0.834. The number of ether oxygens (including phenoxy) is 3. The molecule has 8 heterocycles. The molecule has 11 rings (SSSR count). The van der Waals surface area contributed by atoms with Crippen LogP contribution in [0, 0.1) is 40.9 Å². The Morgan fingerprint density at radius 2 is 1.92 bits per heavy atom. The number of esters is 1. The van der Waals surface area contributed by atoms with Crippen molar-refractivity contribution < 1.29 is 28.6 Å². The van der Waals surface area contributed by atoms with Crippen LogP contribution in [0.4, 0.5) is 0 Å². The summed E-state index contributed by atoms with van der Waals surface area (Å²) in [6, 6.07) is 5.20. The van der Waals surface area contributed by atoms with E-state index < -0.39 is 17.5 Å². The predicted molar refractivity (Wildman–Crippen MR) is 240 cm³/mol. The smallest absolute Gasteiger partial charge is 0.325 e. The van der Waals surface area contributed by atoms with Crippen molar-refractivity contribution in [1.29, 1.82) is 0 Å². The van der Waals surface area contributed by atoms with E-state index in [1.165, 1.54) is 22.4 Å². The topological polar surface area (TPSA) is 140 Å². The van der Waals surface area contributed by atoms with Gasteiger partial charge in [-0.3, -0.25) is 29.3 Å². The Kier molecular flexibility index (Phi) is 11.2. The van der Waals surface area contributed by atoms with Gasteiger partial charge >= 0.3 is 5.97 Å². The molecule has 1 aromatic carbocycles. The standard InChI is InChI=1S/C49H59N7O6S/c1-27-28(2)41(27)46(57)52-38-22-40-51-39(25-63-40)32-18-31-10-8-12-55-44(31)35(21-32)37(23-49(4,5)26-62-48(59)43-33-19-34(20-33)56(53-43)47(38)58)45(55)36-17-30(24-50-42(36)29(3)60-6)9-7-11-54-13-15-61-16-14-54/h17-18,21,24-25,27-29,33-34,38,41,43,53H,8,10-16,19-20,22-23,26H2,1-6H3,(H,52,57)/t27-,28+,29-,33?,34?,38-,41?,43-/m0/s1. The SMILES string of the molecule is CO[C@@H](C)c1ncc(C#CCN2CCOCC2)cc1-c1c2c3cc(cc4c3n1CCC4)-c1csc(n1)C[C@H](NC(=O)C1[C@@H](C)[C@H]1C)C(=O)N1N[C@H](C(=O)OCC(C)(C)C2)C2CC1C2. The third-order valence-electron chi connectivity index (χ3n) is 14.7. The molecule has 1 unspecified atom stereocenters. The Labute approximate surface area is 373 Å². The zero-order chi connectivity index (χ0) is 43.7. The maximum absolute atomic E-state index is 14.5. The fourth-order valence-electron chi connectivity index (χ4n) is 10.6. The number of thiazole rings is 1. The maximum atomic E-state index is 14.5. The molecule has 13 nitrogen and oxygen atoms in total. The van der Waals surface area contributed by atoms with Gasteiger partial charge in [-0.05, 0) is 86.1 Å². The number of hydrogen-bond acceptors (Lipinski definition) is 11. The van der Waals surface area contributed by atoms with Gasteiger partial charge in [0.2, 0.25) is 5.91 Å². The molecule has 0 spiro atoms. The third kappa shape index (κ3) is 7.98. The molecule has 332 valence electrons. The normalized spacial score (nSPS) is 28.3. The summed E-state index contributed by atoms with van der Waals surface area (Å²) in [5, 5.41) is 8.75. The molecule has 2 N–H and O–H groups in total. The molecule has 6 atom stereocenters. The number of carbonyl (C=O) groups excluding carboxylic acids is 3. The van der Waals surface area contributed by atoms with Gasteiger partial charge in [-0.25, -0.2) is 10.4 Å². The van der Waals surface area contributed by atoms with Crippen molar-refractivity contribution >= 4 is 40.0 Å². The number of rotatable bonds is 6. The van der Waals surface area contributed by atoms with Crippen molar-refractivity contribution in [2.45, 2.75) is 104 Å². The number of morpholine rings is 1. The Balaban J connectivity index is 1.10. The minimum absolute atomic E-state index is 0.0476. The number of cyclic esters (lactones) is 1. The molecule has 5 aliphatic heterocycles.